The second kappa shape index (κ2) is 14.2. The number of aromatic nitrogens is 1. The number of carbonyl (C=O) groups excluding carboxylic acids is 3. The zero-order valence-corrected chi connectivity index (χ0v) is 30.5. The lowest BCUT2D eigenvalue weighted by atomic mass is 9.87. The maximum Gasteiger partial charge on any atom is 0.255 e. The molecule has 0 bridgehead atoms. The highest BCUT2D eigenvalue weighted by Crippen LogP contribution is 2.39. The van der Waals surface area contributed by atoms with Crippen LogP contribution in [0.15, 0.2) is 66.3 Å². The fourth-order valence-corrected chi connectivity index (χ4v) is 8.68. The molecule has 2 aromatic carbocycles. The summed E-state index contributed by atoms with van der Waals surface area (Å²) < 4.78 is 35.6. The lowest BCUT2D eigenvalue weighted by Crippen LogP contribution is -2.53. The van der Waals surface area contributed by atoms with Gasteiger partial charge in [-0.05, 0) is 92.2 Å². The normalized spacial score (nSPS) is 24.9. The minimum atomic E-state index is -0.781. The van der Waals surface area contributed by atoms with Gasteiger partial charge >= 0.3 is 0 Å². The van der Waals surface area contributed by atoms with Gasteiger partial charge in [-0.1, -0.05) is 18.2 Å². The van der Waals surface area contributed by atoms with E-state index in [2.05, 4.69) is 26.6 Å². The second-order valence-corrected chi connectivity index (χ2v) is 15.4. The molecule has 6 heterocycles. The van der Waals surface area contributed by atoms with E-state index in [0.717, 1.165) is 48.7 Å². The lowest BCUT2D eigenvalue weighted by molar-refractivity contribution is -0.136. The number of halogens is 2. The van der Waals surface area contributed by atoms with Gasteiger partial charge in [0.15, 0.2) is 17.4 Å². The van der Waals surface area contributed by atoms with Gasteiger partial charge in [-0.2, -0.15) is 0 Å². The van der Waals surface area contributed by atoms with Crippen LogP contribution in [0.2, 0.25) is 0 Å². The molecule has 3 fully saturated rings. The molecule has 13 nitrogen and oxygen atoms in total. The van der Waals surface area contributed by atoms with Crippen LogP contribution in [0.4, 0.5) is 8.78 Å². The fourth-order valence-electron chi connectivity index (χ4n) is 8.68. The number of para-hydroxylation sites is 1. The van der Waals surface area contributed by atoms with Gasteiger partial charge in [0.1, 0.15) is 18.0 Å². The number of phenolic OH excluding ortho intramolecular Hbond substituents is 1. The first-order valence-electron chi connectivity index (χ1n) is 18.6. The van der Waals surface area contributed by atoms with Crippen molar-refractivity contribution in [3.8, 4) is 11.6 Å². The molecule has 8 rings (SSSR count). The molecule has 55 heavy (non-hydrogen) atoms. The Labute approximate surface area is 317 Å². The number of hydrogen-bond donors (Lipinski definition) is 5. The number of hydrogen-bond acceptors (Lipinski definition) is 11. The summed E-state index contributed by atoms with van der Waals surface area (Å²) in [6.07, 6.45) is 5.68. The van der Waals surface area contributed by atoms with Crippen molar-refractivity contribution in [1.29, 1.82) is 0 Å². The monoisotopic (exact) mass is 754 g/mol. The molecular weight excluding hydrogens is 710 g/mol. The van der Waals surface area contributed by atoms with Crippen molar-refractivity contribution in [1.82, 2.24) is 30.3 Å². The molecular formula is C40H44F2N8O5. The van der Waals surface area contributed by atoms with Crippen LogP contribution in [0.3, 0.4) is 0 Å². The quantitative estimate of drug-likeness (QED) is 0.214. The van der Waals surface area contributed by atoms with Crippen molar-refractivity contribution in [2.75, 3.05) is 26.2 Å². The maximum atomic E-state index is 15.5. The van der Waals surface area contributed by atoms with Crippen molar-refractivity contribution in [2.24, 2.45) is 11.5 Å². The lowest BCUT2D eigenvalue weighted by Gasteiger charge is -2.42. The van der Waals surface area contributed by atoms with Crippen molar-refractivity contribution in [3.63, 3.8) is 0 Å². The van der Waals surface area contributed by atoms with Crippen LogP contribution in [0.25, 0.3) is 5.70 Å². The van der Waals surface area contributed by atoms with E-state index < -0.39 is 41.0 Å². The van der Waals surface area contributed by atoms with Crippen molar-refractivity contribution < 1.29 is 33.0 Å². The number of rotatable bonds is 8. The van der Waals surface area contributed by atoms with Crippen molar-refractivity contribution in [3.05, 3.63) is 106 Å². The summed E-state index contributed by atoms with van der Waals surface area (Å²) in [6, 6.07) is 11.0. The van der Waals surface area contributed by atoms with Gasteiger partial charge in [-0.15, -0.1) is 0 Å². The van der Waals surface area contributed by atoms with E-state index in [4.69, 9.17) is 16.2 Å². The molecule has 288 valence electrons. The first-order valence-corrected chi connectivity index (χ1v) is 18.6. The van der Waals surface area contributed by atoms with Crippen LogP contribution in [0.5, 0.6) is 11.6 Å². The Morgan fingerprint density at radius 2 is 1.91 bits per heavy atom. The summed E-state index contributed by atoms with van der Waals surface area (Å²) in [6.45, 7) is 5.40. The Balaban J connectivity index is 0.865. The molecule has 3 atom stereocenters. The molecule has 3 aromatic rings. The SMILES string of the molecule is CC12CNC(N)=C(/C=C(\N)c3cccc(F)c3O)N1CC(Oc1ncc(CN3CCC(c4ccc5c(c4)C(=O)N(C4CCC(=O)NC4=O)C5)CC3)cc1F)C2. The Morgan fingerprint density at radius 3 is 2.67 bits per heavy atom. The minimum Gasteiger partial charge on any atom is -0.504 e. The first-order chi connectivity index (χ1) is 26.4. The summed E-state index contributed by atoms with van der Waals surface area (Å²) in [5.74, 6) is -2.21. The number of carbonyl (C=O) groups is 3. The number of imide groups is 1. The van der Waals surface area contributed by atoms with Gasteiger partial charge in [-0.3, -0.25) is 24.6 Å². The predicted octanol–water partition coefficient (Wildman–Crippen LogP) is 3.15. The van der Waals surface area contributed by atoms with Gasteiger partial charge in [-0.25, -0.2) is 13.8 Å². The Hall–Kier alpha value is -5.70. The summed E-state index contributed by atoms with van der Waals surface area (Å²) in [5, 5.41) is 15.8. The summed E-state index contributed by atoms with van der Waals surface area (Å²) in [5.41, 5.74) is 16.4. The van der Waals surface area contributed by atoms with Crippen LogP contribution >= 0.6 is 0 Å². The molecule has 0 spiro atoms. The van der Waals surface area contributed by atoms with Gasteiger partial charge in [0.25, 0.3) is 11.8 Å². The third-order valence-corrected chi connectivity index (χ3v) is 11.7. The van der Waals surface area contributed by atoms with Gasteiger partial charge in [0.2, 0.25) is 11.8 Å². The van der Waals surface area contributed by atoms with E-state index in [1.54, 1.807) is 17.2 Å². The highest BCUT2D eigenvalue weighted by Gasteiger charge is 2.47. The number of piperidine rings is 2. The summed E-state index contributed by atoms with van der Waals surface area (Å²) in [7, 11) is 0. The van der Waals surface area contributed by atoms with Crippen LogP contribution in [-0.4, -0.2) is 86.4 Å². The summed E-state index contributed by atoms with van der Waals surface area (Å²) in [4.78, 5) is 47.6. The van der Waals surface area contributed by atoms with Crippen LogP contribution < -0.4 is 26.8 Å². The molecule has 3 saturated heterocycles. The van der Waals surface area contributed by atoms with Gasteiger partial charge in [0, 0.05) is 55.5 Å². The topological polar surface area (TPSA) is 179 Å². The number of phenols is 1. The average molecular weight is 755 g/mol. The van der Waals surface area contributed by atoms with Crippen molar-refractivity contribution in [2.45, 2.75) is 75.7 Å². The molecule has 0 saturated carbocycles. The van der Waals surface area contributed by atoms with Crippen LogP contribution in [0, 0.1) is 11.6 Å². The number of ether oxygens (including phenoxy) is 1. The van der Waals surface area contributed by atoms with E-state index in [0.29, 0.717) is 56.1 Å². The molecule has 1 aromatic heterocycles. The molecule has 3 amide bonds. The number of benzene rings is 2. The largest absolute Gasteiger partial charge is 0.504 e. The number of pyridine rings is 1. The number of allylic oxidation sites excluding steroid dienone is 1. The number of likely N-dealkylation sites (tertiary alicyclic amines) is 1. The molecule has 3 unspecified atom stereocenters. The van der Waals surface area contributed by atoms with E-state index in [9.17, 15) is 23.9 Å². The predicted molar refractivity (Wildman–Crippen MR) is 198 cm³/mol. The third kappa shape index (κ3) is 6.92. The number of nitrogens with one attached hydrogen (secondary N) is 2. The number of nitrogens with zero attached hydrogens (tertiary/aromatic N) is 4. The molecule has 5 aliphatic rings. The second-order valence-electron chi connectivity index (χ2n) is 15.4. The van der Waals surface area contributed by atoms with Crippen LogP contribution in [-0.2, 0) is 22.7 Å². The Bertz CT molecular complexity index is 2140. The van der Waals surface area contributed by atoms with Gasteiger partial charge in [0.05, 0.1) is 17.8 Å². The van der Waals surface area contributed by atoms with E-state index >= 15 is 4.39 Å². The number of amides is 3. The summed E-state index contributed by atoms with van der Waals surface area (Å²) >= 11 is 0. The fraction of sp³-hybridized carbons (Fsp3) is 0.400. The highest BCUT2D eigenvalue weighted by atomic mass is 19.1. The number of fused-ring (bicyclic) bond motifs is 2. The van der Waals surface area contributed by atoms with E-state index in [-0.39, 0.29) is 41.3 Å². The molecule has 15 heteroatoms. The zero-order valence-electron chi connectivity index (χ0n) is 30.5. The maximum absolute atomic E-state index is 15.5. The smallest absolute Gasteiger partial charge is 0.255 e. The molecule has 0 radical (unpaired) electrons. The molecule has 0 aliphatic carbocycles. The number of aromatic hydroxyl groups is 1. The standard InChI is InChI=1S/C40H44F2N8O5/c1-40-16-26(20-50(40)33(36(44)46-21-40)15-31(43)27-3-2-4-29(41)35(27)52)55-38-30(42)13-22(17-45-38)18-48-11-9-23(10-12-48)24-5-6-25-19-49(39(54)28(25)14-24)32-7-8-34(51)47-37(32)53/h2-6,13-15,17,23,26,32,46,52H,7-12,16,18-21,43-44H2,1H3,(H,47,51,53)/b31-15-. The third-order valence-electron chi connectivity index (χ3n) is 11.7. The molecule has 7 N–H and O–H groups in total. The van der Waals surface area contributed by atoms with Crippen LogP contribution in [0.1, 0.15) is 77.6 Å². The Kier molecular flexibility index (Phi) is 9.35. The van der Waals surface area contributed by atoms with E-state index in [1.807, 2.05) is 24.0 Å². The van der Waals surface area contributed by atoms with E-state index in [1.165, 1.54) is 18.2 Å². The average Bonchev–Trinajstić information content (AvgIpc) is 3.67. The van der Waals surface area contributed by atoms with Crippen molar-refractivity contribution >= 4 is 23.4 Å². The Morgan fingerprint density at radius 1 is 1.11 bits per heavy atom. The highest BCUT2D eigenvalue weighted by molar-refractivity contribution is 6.05. The number of nitrogens with two attached hydrogens (primary N) is 2. The van der Waals surface area contributed by atoms with Gasteiger partial charge < -0.3 is 36.4 Å². The first kappa shape index (κ1) is 36.3. The molecule has 5 aliphatic heterocycles. The zero-order chi connectivity index (χ0) is 38.6. The minimum absolute atomic E-state index is 0.0792.